The number of likely N-dealkylation sites (tertiary alicyclic amines) is 1. The third kappa shape index (κ3) is 3.62. The fourth-order valence-corrected chi connectivity index (χ4v) is 3.14. The van der Waals surface area contributed by atoms with Gasteiger partial charge in [0.1, 0.15) is 11.5 Å². The zero-order valence-corrected chi connectivity index (χ0v) is 14.5. The Kier molecular flexibility index (Phi) is 4.50. The third-order valence-electron chi connectivity index (χ3n) is 4.61. The molecule has 0 N–H and O–H groups in total. The Morgan fingerprint density at radius 2 is 1.67 bits per heavy atom. The maximum atomic E-state index is 12.5. The van der Waals surface area contributed by atoms with E-state index in [1.165, 1.54) is 0 Å². The van der Waals surface area contributed by atoms with Gasteiger partial charge in [0.25, 0.3) is 11.8 Å². The number of amides is 3. The van der Waals surface area contributed by atoms with E-state index < -0.39 is 6.09 Å². The van der Waals surface area contributed by atoms with Crippen LogP contribution in [0.25, 0.3) is 0 Å². The molecule has 0 aromatic heterocycles. The quantitative estimate of drug-likeness (QED) is 0.813. The van der Waals surface area contributed by atoms with Crippen LogP contribution in [0.15, 0.2) is 54.6 Å². The molecule has 2 heterocycles. The van der Waals surface area contributed by atoms with Gasteiger partial charge in [-0.15, -0.1) is 0 Å². The van der Waals surface area contributed by atoms with E-state index in [-0.39, 0.29) is 24.3 Å². The minimum Gasteiger partial charge on any atom is -0.457 e. The third-order valence-corrected chi connectivity index (χ3v) is 4.61. The van der Waals surface area contributed by atoms with Crippen molar-refractivity contribution in [2.75, 3.05) is 26.2 Å². The second kappa shape index (κ2) is 7.11. The van der Waals surface area contributed by atoms with Crippen LogP contribution in [0.4, 0.5) is 4.79 Å². The molecular weight excluding hydrogens is 348 g/mol. The fraction of sp³-hybridized carbons (Fsp3) is 0.250. The number of benzene rings is 2. The fourth-order valence-electron chi connectivity index (χ4n) is 3.14. The number of rotatable bonds is 5. The molecule has 2 aromatic rings. The zero-order valence-electron chi connectivity index (χ0n) is 14.5. The smallest absolute Gasteiger partial charge is 0.417 e. The lowest BCUT2D eigenvalue weighted by Gasteiger charge is -2.40. The Morgan fingerprint density at radius 1 is 1.00 bits per heavy atom. The van der Waals surface area contributed by atoms with Gasteiger partial charge >= 0.3 is 6.09 Å². The van der Waals surface area contributed by atoms with E-state index in [1.54, 1.807) is 29.2 Å². The van der Waals surface area contributed by atoms with E-state index in [1.807, 2.05) is 30.3 Å². The summed E-state index contributed by atoms with van der Waals surface area (Å²) in [7, 11) is 0. The topological polar surface area (TPSA) is 76.2 Å². The van der Waals surface area contributed by atoms with Crippen molar-refractivity contribution in [3.05, 3.63) is 60.2 Å². The van der Waals surface area contributed by atoms with Crippen molar-refractivity contribution in [3.63, 3.8) is 0 Å². The summed E-state index contributed by atoms with van der Waals surface area (Å²) >= 11 is 0. The Morgan fingerprint density at radius 3 is 2.30 bits per heavy atom. The van der Waals surface area contributed by atoms with Gasteiger partial charge in [0.15, 0.2) is 6.61 Å². The maximum absolute atomic E-state index is 12.5. The van der Waals surface area contributed by atoms with Gasteiger partial charge in [0.2, 0.25) is 0 Å². The monoisotopic (exact) mass is 366 g/mol. The number of nitrogens with zero attached hydrogens (tertiary/aromatic N) is 2. The van der Waals surface area contributed by atoms with Crippen LogP contribution in [0.3, 0.4) is 0 Å². The van der Waals surface area contributed by atoms with Crippen LogP contribution in [0, 0.1) is 5.92 Å². The molecule has 0 aliphatic carbocycles. The van der Waals surface area contributed by atoms with Gasteiger partial charge in [0.05, 0.1) is 0 Å². The standard InChI is InChI=1S/C20H18N2O5/c23-18-13-26-20(25)22(18)12-14-10-21(11-14)19(24)15-6-8-17(9-7-15)27-16-4-2-1-3-5-16/h1-9,14H,10-13H2. The molecule has 2 fully saturated rings. The summed E-state index contributed by atoms with van der Waals surface area (Å²) in [4.78, 5) is 38.3. The summed E-state index contributed by atoms with van der Waals surface area (Å²) in [5.41, 5.74) is 0.575. The number of cyclic esters (lactones) is 1. The lowest BCUT2D eigenvalue weighted by atomic mass is 9.98. The van der Waals surface area contributed by atoms with E-state index >= 15 is 0 Å². The lowest BCUT2D eigenvalue weighted by Crippen LogP contribution is -2.54. The van der Waals surface area contributed by atoms with Crippen molar-refractivity contribution in [3.8, 4) is 11.5 Å². The highest BCUT2D eigenvalue weighted by atomic mass is 16.6. The van der Waals surface area contributed by atoms with Crippen molar-refractivity contribution >= 4 is 17.9 Å². The van der Waals surface area contributed by atoms with Crippen molar-refractivity contribution in [2.24, 2.45) is 5.92 Å². The zero-order chi connectivity index (χ0) is 18.8. The number of hydrogen-bond acceptors (Lipinski definition) is 5. The van der Waals surface area contributed by atoms with E-state index in [0.717, 1.165) is 10.6 Å². The van der Waals surface area contributed by atoms with Crippen LogP contribution in [0.1, 0.15) is 10.4 Å². The Balaban J connectivity index is 1.30. The van der Waals surface area contributed by atoms with Crippen LogP contribution < -0.4 is 4.74 Å². The van der Waals surface area contributed by atoms with Crippen LogP contribution in [0.5, 0.6) is 11.5 Å². The van der Waals surface area contributed by atoms with Crippen molar-refractivity contribution in [1.82, 2.24) is 9.80 Å². The van der Waals surface area contributed by atoms with E-state index in [4.69, 9.17) is 4.74 Å². The van der Waals surface area contributed by atoms with Gasteiger partial charge in [-0.3, -0.25) is 9.59 Å². The van der Waals surface area contributed by atoms with Crippen molar-refractivity contribution in [2.45, 2.75) is 0 Å². The first-order valence-electron chi connectivity index (χ1n) is 8.69. The molecule has 0 radical (unpaired) electrons. The number of hydrogen-bond donors (Lipinski definition) is 0. The summed E-state index contributed by atoms with van der Waals surface area (Å²) in [5, 5.41) is 0. The Bertz CT molecular complexity index is 844. The molecule has 7 heteroatoms. The van der Waals surface area contributed by atoms with Crippen molar-refractivity contribution in [1.29, 1.82) is 0 Å². The van der Waals surface area contributed by atoms with Crippen LogP contribution >= 0.6 is 0 Å². The van der Waals surface area contributed by atoms with Gasteiger partial charge < -0.3 is 14.4 Å². The molecule has 0 saturated carbocycles. The number of ether oxygens (including phenoxy) is 2. The first kappa shape index (κ1) is 17.1. The molecule has 0 bridgehead atoms. The average molecular weight is 366 g/mol. The number of para-hydroxylation sites is 1. The Hall–Kier alpha value is -3.35. The summed E-state index contributed by atoms with van der Waals surface area (Å²) in [5.74, 6) is 1.08. The summed E-state index contributed by atoms with van der Waals surface area (Å²) < 4.78 is 10.4. The number of carbonyl (C=O) groups excluding carboxylic acids is 3. The molecule has 4 rings (SSSR count). The van der Waals surface area contributed by atoms with E-state index in [9.17, 15) is 14.4 Å². The molecular formula is C20H18N2O5. The van der Waals surface area contributed by atoms with Crippen LogP contribution in [0.2, 0.25) is 0 Å². The SMILES string of the molecule is O=C(c1ccc(Oc2ccccc2)cc1)N1CC(CN2C(=O)COC2=O)C1. The highest BCUT2D eigenvalue weighted by molar-refractivity contribution is 5.98. The van der Waals surface area contributed by atoms with Gasteiger partial charge in [-0.2, -0.15) is 0 Å². The highest BCUT2D eigenvalue weighted by Crippen LogP contribution is 2.24. The molecule has 2 aliphatic rings. The van der Waals surface area contributed by atoms with Gasteiger partial charge in [-0.05, 0) is 36.4 Å². The van der Waals surface area contributed by atoms with Gasteiger partial charge in [0, 0.05) is 31.1 Å². The minimum absolute atomic E-state index is 0.0761. The molecule has 0 unspecified atom stereocenters. The second-order valence-corrected chi connectivity index (χ2v) is 6.57. The summed E-state index contributed by atoms with van der Waals surface area (Å²) in [6.07, 6.45) is -0.598. The predicted octanol–water partition coefficient (Wildman–Crippen LogP) is 2.53. The molecule has 27 heavy (non-hydrogen) atoms. The van der Waals surface area contributed by atoms with Gasteiger partial charge in [-0.1, -0.05) is 18.2 Å². The van der Waals surface area contributed by atoms with Crippen LogP contribution in [-0.4, -0.2) is 53.9 Å². The maximum Gasteiger partial charge on any atom is 0.417 e. The molecule has 3 amide bonds. The molecule has 0 spiro atoms. The summed E-state index contributed by atoms with van der Waals surface area (Å²) in [6, 6.07) is 16.4. The summed E-state index contributed by atoms with van der Waals surface area (Å²) in [6.45, 7) is 1.13. The Labute approximate surface area is 156 Å². The first-order valence-corrected chi connectivity index (χ1v) is 8.69. The molecule has 138 valence electrons. The molecule has 2 aromatic carbocycles. The largest absolute Gasteiger partial charge is 0.457 e. The average Bonchev–Trinajstić information content (AvgIpc) is 2.97. The molecule has 0 atom stereocenters. The number of carbonyl (C=O) groups is 3. The second-order valence-electron chi connectivity index (χ2n) is 6.57. The highest BCUT2D eigenvalue weighted by Gasteiger charge is 2.38. The first-order chi connectivity index (χ1) is 13.1. The van der Waals surface area contributed by atoms with Crippen LogP contribution in [-0.2, 0) is 9.53 Å². The molecule has 2 saturated heterocycles. The lowest BCUT2D eigenvalue weighted by molar-refractivity contribution is -0.126. The normalized spacial score (nSPS) is 16.9. The molecule has 2 aliphatic heterocycles. The van der Waals surface area contributed by atoms with E-state index in [0.29, 0.717) is 30.9 Å². The minimum atomic E-state index is -0.598. The molecule has 7 nitrogen and oxygen atoms in total. The number of imide groups is 1. The van der Waals surface area contributed by atoms with Gasteiger partial charge in [-0.25, -0.2) is 9.69 Å². The van der Waals surface area contributed by atoms with Crippen molar-refractivity contribution < 1.29 is 23.9 Å². The predicted molar refractivity (Wildman–Crippen MR) is 95.4 cm³/mol. The van der Waals surface area contributed by atoms with E-state index in [2.05, 4.69) is 4.74 Å².